The number of rotatable bonds is 5. The zero-order valence-corrected chi connectivity index (χ0v) is 13.7. The lowest BCUT2D eigenvalue weighted by Crippen LogP contribution is -2.11. The van der Waals surface area contributed by atoms with E-state index in [1.807, 2.05) is 36.4 Å². The van der Waals surface area contributed by atoms with Gasteiger partial charge in [-0.25, -0.2) is 0 Å². The highest BCUT2D eigenvalue weighted by Gasteiger charge is 2.19. The van der Waals surface area contributed by atoms with Gasteiger partial charge in [0.2, 0.25) is 0 Å². The lowest BCUT2D eigenvalue weighted by atomic mass is 10.1. The molecule has 0 bridgehead atoms. The van der Waals surface area contributed by atoms with Gasteiger partial charge in [0, 0.05) is 6.07 Å². The molecule has 0 saturated heterocycles. The van der Waals surface area contributed by atoms with Gasteiger partial charge < -0.3 is 9.47 Å². The Morgan fingerprint density at radius 1 is 1.21 bits per heavy atom. The predicted molar refractivity (Wildman–Crippen MR) is 93.6 cm³/mol. The van der Waals surface area contributed by atoms with Crippen LogP contribution >= 0.6 is 0 Å². The summed E-state index contributed by atoms with van der Waals surface area (Å²) in [5, 5.41) is 9.44. The van der Waals surface area contributed by atoms with Crippen LogP contribution in [0.3, 0.4) is 0 Å². The van der Waals surface area contributed by atoms with Crippen molar-refractivity contribution >= 4 is 11.6 Å². The molecule has 122 valence electrons. The minimum Gasteiger partial charge on any atom is -0.491 e. The van der Waals surface area contributed by atoms with Gasteiger partial charge >= 0.3 is 0 Å². The fourth-order valence-electron chi connectivity index (χ4n) is 2.90. The minimum atomic E-state index is 0.239. The van der Waals surface area contributed by atoms with Crippen LogP contribution in [0.2, 0.25) is 0 Å². The van der Waals surface area contributed by atoms with Gasteiger partial charge in [0.1, 0.15) is 0 Å². The van der Waals surface area contributed by atoms with E-state index < -0.39 is 0 Å². The quantitative estimate of drug-likeness (QED) is 0.762. The topological polar surface area (TPSA) is 55.1 Å². The zero-order chi connectivity index (χ0) is 16.8. The van der Waals surface area contributed by atoms with Crippen molar-refractivity contribution in [1.82, 2.24) is 4.98 Å². The maximum atomic E-state index is 9.44. The highest BCUT2D eigenvalue weighted by Crippen LogP contribution is 2.32. The molecule has 3 rings (SSSR count). The number of allylic oxidation sites excluding steroid dienone is 1. The molecule has 1 aliphatic rings. The van der Waals surface area contributed by atoms with E-state index in [1.54, 1.807) is 19.4 Å². The largest absolute Gasteiger partial charge is 0.491 e. The van der Waals surface area contributed by atoms with Crippen LogP contribution in [0.4, 0.5) is 0 Å². The van der Waals surface area contributed by atoms with Crippen LogP contribution in [-0.2, 0) is 0 Å². The molecular formula is C20H20N2O2. The van der Waals surface area contributed by atoms with E-state index in [0.29, 0.717) is 22.8 Å². The Bertz CT molecular complexity index is 757. The van der Waals surface area contributed by atoms with Crippen molar-refractivity contribution in [1.29, 1.82) is 5.26 Å². The van der Waals surface area contributed by atoms with Crippen LogP contribution in [0.1, 0.15) is 36.9 Å². The molecule has 2 aromatic rings. The maximum Gasteiger partial charge on any atom is 0.179 e. The number of hydrogen-bond donors (Lipinski definition) is 0. The SMILES string of the molecule is COc1cnc(C=C(C#N)c2ccccc2)cc1OC1CCCC1. The van der Waals surface area contributed by atoms with Gasteiger partial charge in [-0.15, -0.1) is 0 Å². The lowest BCUT2D eigenvalue weighted by molar-refractivity contribution is 0.200. The molecule has 1 saturated carbocycles. The summed E-state index contributed by atoms with van der Waals surface area (Å²) >= 11 is 0. The van der Waals surface area contributed by atoms with Crippen LogP contribution in [-0.4, -0.2) is 18.2 Å². The Labute approximate surface area is 142 Å². The standard InChI is InChI=1S/C20H20N2O2/c1-23-20-14-22-17(12-19(20)24-18-9-5-6-10-18)11-16(13-21)15-7-3-2-4-8-15/h2-4,7-8,11-12,14,18H,5-6,9-10H2,1H3. The van der Waals surface area contributed by atoms with Crippen molar-refractivity contribution in [3.8, 4) is 17.6 Å². The minimum absolute atomic E-state index is 0.239. The van der Waals surface area contributed by atoms with E-state index in [9.17, 15) is 5.26 Å². The van der Waals surface area contributed by atoms with Crippen molar-refractivity contribution in [3.05, 3.63) is 53.9 Å². The van der Waals surface area contributed by atoms with Crippen LogP contribution < -0.4 is 9.47 Å². The molecule has 0 unspecified atom stereocenters. The highest BCUT2D eigenvalue weighted by atomic mass is 16.5. The van der Waals surface area contributed by atoms with Gasteiger partial charge in [0.05, 0.1) is 36.7 Å². The monoisotopic (exact) mass is 320 g/mol. The Balaban J connectivity index is 1.90. The van der Waals surface area contributed by atoms with Crippen LogP contribution in [0.25, 0.3) is 11.6 Å². The smallest absolute Gasteiger partial charge is 0.179 e. The lowest BCUT2D eigenvalue weighted by Gasteiger charge is -2.16. The molecule has 0 atom stereocenters. The van der Waals surface area contributed by atoms with Gasteiger partial charge in [-0.3, -0.25) is 4.98 Å². The van der Waals surface area contributed by atoms with Crippen molar-refractivity contribution < 1.29 is 9.47 Å². The van der Waals surface area contributed by atoms with Crippen molar-refractivity contribution in [2.75, 3.05) is 7.11 Å². The molecule has 1 aromatic heterocycles. The van der Waals surface area contributed by atoms with Gasteiger partial charge in [-0.1, -0.05) is 30.3 Å². The second-order valence-corrected chi connectivity index (χ2v) is 5.82. The maximum absolute atomic E-state index is 9.44. The molecule has 1 aliphatic carbocycles. The normalized spacial score (nSPS) is 15.1. The molecular weight excluding hydrogens is 300 g/mol. The molecule has 0 amide bonds. The number of nitrogens with zero attached hydrogens (tertiary/aromatic N) is 2. The first kappa shape index (κ1) is 16.1. The summed E-state index contributed by atoms with van der Waals surface area (Å²) in [5.41, 5.74) is 2.13. The van der Waals surface area contributed by atoms with Crippen molar-refractivity contribution in [2.24, 2.45) is 0 Å². The Morgan fingerprint density at radius 2 is 1.96 bits per heavy atom. The van der Waals surface area contributed by atoms with Gasteiger partial charge in [0.25, 0.3) is 0 Å². The predicted octanol–water partition coefficient (Wildman–Crippen LogP) is 4.48. The van der Waals surface area contributed by atoms with Crippen LogP contribution in [0.15, 0.2) is 42.6 Å². The Kier molecular flexibility index (Phi) is 5.12. The zero-order valence-electron chi connectivity index (χ0n) is 13.7. The number of hydrogen-bond acceptors (Lipinski definition) is 4. The summed E-state index contributed by atoms with van der Waals surface area (Å²) in [5.74, 6) is 1.31. The van der Waals surface area contributed by atoms with Gasteiger partial charge in [-0.05, 0) is 37.3 Å². The third-order valence-corrected chi connectivity index (χ3v) is 4.17. The molecule has 1 heterocycles. The molecule has 0 aliphatic heterocycles. The van der Waals surface area contributed by atoms with E-state index in [2.05, 4.69) is 11.1 Å². The van der Waals surface area contributed by atoms with E-state index in [1.165, 1.54) is 12.8 Å². The first-order chi connectivity index (χ1) is 11.8. The average Bonchev–Trinajstić information content (AvgIpc) is 3.14. The van der Waals surface area contributed by atoms with Crippen LogP contribution in [0, 0.1) is 11.3 Å². The number of methoxy groups -OCH3 is 1. The summed E-state index contributed by atoms with van der Waals surface area (Å²) < 4.78 is 11.4. The third kappa shape index (κ3) is 3.75. The van der Waals surface area contributed by atoms with Crippen molar-refractivity contribution in [2.45, 2.75) is 31.8 Å². The van der Waals surface area contributed by atoms with E-state index in [-0.39, 0.29) is 6.10 Å². The fraction of sp³-hybridized carbons (Fsp3) is 0.300. The molecule has 4 nitrogen and oxygen atoms in total. The number of nitriles is 1. The summed E-state index contributed by atoms with van der Waals surface area (Å²) in [6, 6.07) is 13.7. The van der Waals surface area contributed by atoms with E-state index in [0.717, 1.165) is 18.4 Å². The summed E-state index contributed by atoms with van der Waals surface area (Å²) in [7, 11) is 1.61. The molecule has 1 aromatic carbocycles. The molecule has 24 heavy (non-hydrogen) atoms. The number of ether oxygens (including phenoxy) is 2. The molecule has 4 heteroatoms. The summed E-state index contributed by atoms with van der Waals surface area (Å²) in [4.78, 5) is 4.37. The Hall–Kier alpha value is -2.80. The molecule has 0 radical (unpaired) electrons. The molecule has 1 fully saturated rings. The number of pyridine rings is 1. The first-order valence-electron chi connectivity index (χ1n) is 8.18. The fourth-order valence-corrected chi connectivity index (χ4v) is 2.90. The third-order valence-electron chi connectivity index (χ3n) is 4.17. The van der Waals surface area contributed by atoms with E-state index in [4.69, 9.17) is 9.47 Å². The number of benzene rings is 1. The second-order valence-electron chi connectivity index (χ2n) is 5.82. The first-order valence-corrected chi connectivity index (χ1v) is 8.18. The van der Waals surface area contributed by atoms with Crippen LogP contribution in [0.5, 0.6) is 11.5 Å². The molecule has 0 spiro atoms. The highest BCUT2D eigenvalue weighted by molar-refractivity contribution is 5.89. The second kappa shape index (κ2) is 7.65. The Morgan fingerprint density at radius 3 is 2.62 bits per heavy atom. The van der Waals surface area contributed by atoms with E-state index >= 15 is 0 Å². The van der Waals surface area contributed by atoms with Crippen molar-refractivity contribution in [3.63, 3.8) is 0 Å². The molecule has 0 N–H and O–H groups in total. The van der Waals surface area contributed by atoms with Gasteiger partial charge in [0.15, 0.2) is 11.5 Å². The average molecular weight is 320 g/mol. The van der Waals surface area contributed by atoms with Gasteiger partial charge in [-0.2, -0.15) is 5.26 Å². The summed E-state index contributed by atoms with van der Waals surface area (Å²) in [6.07, 6.45) is 8.22. The summed E-state index contributed by atoms with van der Waals surface area (Å²) in [6.45, 7) is 0. The number of aromatic nitrogens is 1.